The average molecular weight is 362 g/mol. The number of fused-ring (bicyclic) bond motifs is 2. The topological polar surface area (TPSA) is 58.4 Å². The van der Waals surface area contributed by atoms with Gasteiger partial charge in [-0.15, -0.1) is 12.4 Å². The van der Waals surface area contributed by atoms with Gasteiger partial charge < -0.3 is 14.6 Å². The summed E-state index contributed by atoms with van der Waals surface area (Å²) in [6, 6.07) is 11.3. The highest BCUT2D eigenvalue weighted by Crippen LogP contribution is 2.29. The highest BCUT2D eigenvalue weighted by Gasteiger charge is 2.36. The number of piperidine rings is 1. The average Bonchev–Trinajstić information content (AvgIpc) is 3.21. The van der Waals surface area contributed by atoms with E-state index in [9.17, 15) is 4.79 Å². The second kappa shape index (κ2) is 7.58. The van der Waals surface area contributed by atoms with Crippen molar-refractivity contribution < 1.29 is 9.21 Å². The summed E-state index contributed by atoms with van der Waals surface area (Å²) >= 11 is 0. The number of hydrogen-bond donors (Lipinski definition) is 1. The second-order valence-corrected chi connectivity index (χ2v) is 6.95. The zero-order chi connectivity index (χ0) is 16.5. The summed E-state index contributed by atoms with van der Waals surface area (Å²) in [4.78, 5) is 19.0. The largest absolute Gasteiger partial charge is 0.444 e. The molecule has 0 saturated carbocycles. The van der Waals surface area contributed by atoms with Crippen molar-refractivity contribution in [3.63, 3.8) is 0 Å². The van der Waals surface area contributed by atoms with Crippen LogP contribution in [0.3, 0.4) is 0 Å². The van der Waals surface area contributed by atoms with Gasteiger partial charge in [-0.2, -0.15) is 0 Å². The number of hydrogen-bond acceptors (Lipinski definition) is 4. The number of oxazole rings is 1. The van der Waals surface area contributed by atoms with E-state index in [0.29, 0.717) is 36.1 Å². The fourth-order valence-electron chi connectivity index (χ4n) is 3.93. The van der Waals surface area contributed by atoms with E-state index in [2.05, 4.69) is 10.3 Å². The van der Waals surface area contributed by atoms with Crippen LogP contribution in [0.25, 0.3) is 11.5 Å². The predicted molar refractivity (Wildman–Crippen MR) is 98.6 cm³/mol. The SMILES string of the molecule is CN(C(=O)Cc1coc(-c2ccccc2)n1)C1CC2CCC(C1)N2.Cl. The first-order valence-corrected chi connectivity index (χ1v) is 8.70. The zero-order valence-corrected chi connectivity index (χ0v) is 15.2. The van der Waals surface area contributed by atoms with Crippen molar-refractivity contribution in [3.8, 4) is 11.5 Å². The standard InChI is InChI=1S/C19H23N3O2.ClH/c1-22(17-9-14-7-8-15(10-17)20-14)18(23)11-16-12-24-19(21-16)13-5-3-2-4-6-13;/h2-6,12,14-15,17,20H,7-11H2,1H3;1H. The number of likely N-dealkylation sites (N-methyl/N-ethyl adjacent to an activating group) is 1. The van der Waals surface area contributed by atoms with Crippen LogP contribution in [0.15, 0.2) is 41.0 Å². The number of aromatic nitrogens is 1. The summed E-state index contributed by atoms with van der Waals surface area (Å²) < 4.78 is 5.53. The van der Waals surface area contributed by atoms with Crippen LogP contribution in [0.5, 0.6) is 0 Å². The van der Waals surface area contributed by atoms with E-state index in [4.69, 9.17) is 4.42 Å². The first-order chi connectivity index (χ1) is 11.7. The van der Waals surface area contributed by atoms with Crippen molar-refractivity contribution >= 4 is 18.3 Å². The lowest BCUT2D eigenvalue weighted by atomic mass is 9.98. The Labute approximate surface area is 154 Å². The molecule has 5 nitrogen and oxygen atoms in total. The molecule has 1 N–H and O–H groups in total. The molecule has 1 amide bonds. The fraction of sp³-hybridized carbons (Fsp3) is 0.474. The number of carbonyl (C=O) groups is 1. The second-order valence-electron chi connectivity index (χ2n) is 6.95. The van der Waals surface area contributed by atoms with E-state index in [1.807, 2.05) is 42.3 Å². The molecule has 3 heterocycles. The van der Waals surface area contributed by atoms with Crippen molar-refractivity contribution in [2.75, 3.05) is 7.05 Å². The van der Waals surface area contributed by atoms with Crippen LogP contribution in [0.1, 0.15) is 31.4 Å². The number of rotatable bonds is 4. The Morgan fingerprint density at radius 1 is 1.24 bits per heavy atom. The third-order valence-electron chi connectivity index (χ3n) is 5.29. The van der Waals surface area contributed by atoms with Crippen LogP contribution >= 0.6 is 12.4 Å². The Kier molecular flexibility index (Phi) is 5.45. The maximum absolute atomic E-state index is 12.6. The van der Waals surface area contributed by atoms with Crippen molar-refractivity contribution in [2.45, 2.75) is 50.2 Å². The summed E-state index contributed by atoms with van der Waals surface area (Å²) in [6.45, 7) is 0. The molecular formula is C19H24ClN3O2. The molecule has 2 aromatic rings. The first-order valence-electron chi connectivity index (χ1n) is 8.70. The highest BCUT2D eigenvalue weighted by molar-refractivity contribution is 5.85. The molecule has 6 heteroatoms. The molecule has 2 aliphatic rings. The van der Waals surface area contributed by atoms with E-state index in [0.717, 1.165) is 18.4 Å². The van der Waals surface area contributed by atoms with Gasteiger partial charge in [0.05, 0.1) is 12.1 Å². The Bertz CT molecular complexity index is 706. The Hall–Kier alpha value is -1.85. The Balaban J connectivity index is 0.00000182. The fourth-order valence-corrected chi connectivity index (χ4v) is 3.93. The summed E-state index contributed by atoms with van der Waals surface area (Å²) in [5.41, 5.74) is 1.63. The van der Waals surface area contributed by atoms with Crippen LogP contribution in [0.2, 0.25) is 0 Å². The predicted octanol–water partition coefficient (Wildman–Crippen LogP) is 3.05. The van der Waals surface area contributed by atoms with E-state index in [1.54, 1.807) is 6.26 Å². The van der Waals surface area contributed by atoms with Crippen molar-refractivity contribution in [3.05, 3.63) is 42.3 Å². The van der Waals surface area contributed by atoms with Crippen LogP contribution < -0.4 is 5.32 Å². The molecule has 0 radical (unpaired) electrons. The van der Waals surface area contributed by atoms with Gasteiger partial charge in [-0.1, -0.05) is 18.2 Å². The molecule has 2 saturated heterocycles. The molecular weight excluding hydrogens is 338 g/mol. The number of halogens is 1. The van der Waals surface area contributed by atoms with Crippen LogP contribution in [0, 0.1) is 0 Å². The molecule has 2 fully saturated rings. The smallest absolute Gasteiger partial charge is 0.228 e. The number of benzene rings is 1. The molecule has 0 aliphatic carbocycles. The lowest BCUT2D eigenvalue weighted by Crippen LogP contribution is -2.49. The Morgan fingerprint density at radius 3 is 2.60 bits per heavy atom. The van der Waals surface area contributed by atoms with Gasteiger partial charge in [0.1, 0.15) is 6.26 Å². The monoisotopic (exact) mass is 361 g/mol. The molecule has 4 rings (SSSR count). The van der Waals surface area contributed by atoms with E-state index in [-0.39, 0.29) is 18.3 Å². The highest BCUT2D eigenvalue weighted by atomic mass is 35.5. The lowest BCUT2D eigenvalue weighted by molar-refractivity contribution is -0.132. The molecule has 0 spiro atoms. The number of carbonyl (C=O) groups excluding carboxylic acids is 1. The first kappa shape index (κ1) is 18.0. The van der Waals surface area contributed by atoms with Crippen LogP contribution in [-0.2, 0) is 11.2 Å². The summed E-state index contributed by atoms with van der Waals surface area (Å²) in [5, 5.41) is 3.62. The summed E-state index contributed by atoms with van der Waals surface area (Å²) in [5.74, 6) is 0.690. The van der Waals surface area contributed by atoms with E-state index < -0.39 is 0 Å². The van der Waals surface area contributed by atoms with Crippen LogP contribution in [-0.4, -0.2) is 41.0 Å². The van der Waals surface area contributed by atoms with Gasteiger partial charge in [-0.05, 0) is 37.8 Å². The minimum absolute atomic E-state index is 0. The minimum Gasteiger partial charge on any atom is -0.444 e. The number of amides is 1. The van der Waals surface area contributed by atoms with Gasteiger partial charge in [-0.3, -0.25) is 4.79 Å². The lowest BCUT2D eigenvalue weighted by Gasteiger charge is -2.35. The van der Waals surface area contributed by atoms with Crippen molar-refractivity contribution in [1.29, 1.82) is 0 Å². The van der Waals surface area contributed by atoms with Crippen molar-refractivity contribution in [2.24, 2.45) is 0 Å². The maximum atomic E-state index is 12.6. The molecule has 2 unspecified atom stereocenters. The molecule has 25 heavy (non-hydrogen) atoms. The van der Waals surface area contributed by atoms with E-state index >= 15 is 0 Å². The van der Waals surface area contributed by atoms with Gasteiger partial charge in [0.2, 0.25) is 11.8 Å². The minimum atomic E-state index is 0. The maximum Gasteiger partial charge on any atom is 0.228 e. The van der Waals surface area contributed by atoms with Gasteiger partial charge in [0.15, 0.2) is 0 Å². The number of nitrogens with zero attached hydrogens (tertiary/aromatic N) is 2. The molecule has 1 aromatic carbocycles. The van der Waals surface area contributed by atoms with Gasteiger partial charge in [0, 0.05) is 30.7 Å². The number of nitrogens with one attached hydrogen (secondary N) is 1. The third-order valence-corrected chi connectivity index (χ3v) is 5.29. The van der Waals surface area contributed by atoms with Crippen LogP contribution in [0.4, 0.5) is 0 Å². The molecule has 2 bridgehead atoms. The molecule has 2 aliphatic heterocycles. The van der Waals surface area contributed by atoms with E-state index in [1.165, 1.54) is 12.8 Å². The molecule has 1 aromatic heterocycles. The van der Waals surface area contributed by atoms with Gasteiger partial charge >= 0.3 is 0 Å². The van der Waals surface area contributed by atoms with Gasteiger partial charge in [0.25, 0.3) is 0 Å². The summed E-state index contributed by atoms with van der Waals surface area (Å²) in [7, 11) is 1.93. The van der Waals surface area contributed by atoms with Gasteiger partial charge in [-0.25, -0.2) is 4.98 Å². The molecule has 134 valence electrons. The quantitative estimate of drug-likeness (QED) is 0.909. The zero-order valence-electron chi connectivity index (χ0n) is 14.4. The molecule has 2 atom stereocenters. The normalized spacial score (nSPS) is 24.6. The van der Waals surface area contributed by atoms with Crippen molar-refractivity contribution in [1.82, 2.24) is 15.2 Å². The third kappa shape index (κ3) is 3.88. The summed E-state index contributed by atoms with van der Waals surface area (Å²) in [6.07, 6.45) is 6.51. The Morgan fingerprint density at radius 2 is 1.92 bits per heavy atom.